The van der Waals surface area contributed by atoms with Crippen LogP contribution in [0.2, 0.25) is 0 Å². The molecule has 2 aromatic rings. The van der Waals surface area contributed by atoms with E-state index in [9.17, 15) is 4.39 Å². The number of rotatable bonds is 3. The highest BCUT2D eigenvalue weighted by Gasteiger charge is 2.17. The molecule has 0 bridgehead atoms. The van der Waals surface area contributed by atoms with Gasteiger partial charge in [-0.15, -0.1) is 0 Å². The molecule has 3 N–H and O–H groups in total. The molecule has 0 radical (unpaired) electrons. The molecule has 0 aliphatic rings. The Balaban J connectivity index is 2.53. The van der Waals surface area contributed by atoms with Crippen molar-refractivity contribution in [2.75, 3.05) is 0 Å². The van der Waals surface area contributed by atoms with Gasteiger partial charge in [-0.05, 0) is 54.7 Å². The minimum absolute atomic E-state index is 0.198. The quantitative estimate of drug-likeness (QED) is 0.655. The molecule has 3 heteroatoms. The fourth-order valence-corrected chi connectivity index (χ4v) is 2.42. The fourth-order valence-electron chi connectivity index (χ4n) is 2.42. The molecule has 2 nitrogen and oxygen atoms in total. The van der Waals surface area contributed by atoms with Gasteiger partial charge < -0.3 is 0 Å². The molecule has 0 aromatic heterocycles. The first-order valence-corrected chi connectivity index (χ1v) is 6.33. The SMILES string of the molecule is Cc1ccc(C(NN)c2c(C)cccc2C)cc1F. The van der Waals surface area contributed by atoms with E-state index < -0.39 is 0 Å². The Morgan fingerprint density at radius 1 is 1.00 bits per heavy atom. The smallest absolute Gasteiger partial charge is 0.126 e. The van der Waals surface area contributed by atoms with Gasteiger partial charge in [0, 0.05) is 0 Å². The molecule has 0 amide bonds. The molecule has 0 aliphatic carbocycles. The van der Waals surface area contributed by atoms with Crippen LogP contribution in [-0.4, -0.2) is 0 Å². The summed E-state index contributed by atoms with van der Waals surface area (Å²) in [5, 5.41) is 0. The standard InChI is InChI=1S/C16H19FN2/c1-10-7-8-13(9-14(10)17)16(19-18)15-11(2)5-4-6-12(15)3/h4-9,16,19H,18H2,1-3H3. The van der Waals surface area contributed by atoms with E-state index in [1.165, 1.54) is 0 Å². The number of halogens is 1. The second-order valence-corrected chi connectivity index (χ2v) is 4.91. The second kappa shape index (κ2) is 5.51. The average Bonchev–Trinajstić information content (AvgIpc) is 2.37. The van der Waals surface area contributed by atoms with E-state index in [-0.39, 0.29) is 11.9 Å². The minimum Gasteiger partial charge on any atom is -0.271 e. The number of aryl methyl sites for hydroxylation is 3. The average molecular weight is 258 g/mol. The highest BCUT2D eigenvalue weighted by Crippen LogP contribution is 2.28. The fraction of sp³-hybridized carbons (Fsp3) is 0.250. The Kier molecular flexibility index (Phi) is 3.98. The lowest BCUT2D eigenvalue weighted by atomic mass is 9.91. The lowest BCUT2D eigenvalue weighted by Gasteiger charge is -2.21. The molecule has 1 atom stereocenters. The van der Waals surface area contributed by atoms with Gasteiger partial charge in [-0.25, -0.2) is 9.82 Å². The van der Waals surface area contributed by atoms with Crippen molar-refractivity contribution in [1.29, 1.82) is 0 Å². The van der Waals surface area contributed by atoms with Crippen LogP contribution in [-0.2, 0) is 0 Å². The van der Waals surface area contributed by atoms with Crippen LogP contribution in [0.25, 0.3) is 0 Å². The summed E-state index contributed by atoms with van der Waals surface area (Å²) >= 11 is 0. The van der Waals surface area contributed by atoms with Crippen LogP contribution in [0.1, 0.15) is 33.9 Å². The zero-order chi connectivity index (χ0) is 14.0. The molecule has 0 saturated carbocycles. The van der Waals surface area contributed by atoms with Gasteiger partial charge in [0.05, 0.1) is 6.04 Å². The minimum atomic E-state index is -0.205. The maximum absolute atomic E-state index is 13.7. The van der Waals surface area contributed by atoms with Gasteiger partial charge in [0.15, 0.2) is 0 Å². The highest BCUT2D eigenvalue weighted by molar-refractivity contribution is 5.42. The number of hydrogen-bond donors (Lipinski definition) is 2. The van der Waals surface area contributed by atoms with Crippen molar-refractivity contribution >= 4 is 0 Å². The van der Waals surface area contributed by atoms with Crippen molar-refractivity contribution in [1.82, 2.24) is 5.43 Å². The molecule has 1 unspecified atom stereocenters. The van der Waals surface area contributed by atoms with Crippen LogP contribution in [0.4, 0.5) is 4.39 Å². The van der Waals surface area contributed by atoms with Crippen molar-refractivity contribution in [3.63, 3.8) is 0 Å². The zero-order valence-corrected chi connectivity index (χ0v) is 11.5. The molecule has 19 heavy (non-hydrogen) atoms. The topological polar surface area (TPSA) is 38.0 Å². The third-order valence-corrected chi connectivity index (χ3v) is 3.53. The van der Waals surface area contributed by atoms with E-state index in [4.69, 9.17) is 5.84 Å². The Labute approximate surface area is 113 Å². The van der Waals surface area contributed by atoms with Crippen molar-refractivity contribution < 1.29 is 4.39 Å². The van der Waals surface area contributed by atoms with Crippen LogP contribution in [0.15, 0.2) is 36.4 Å². The summed E-state index contributed by atoms with van der Waals surface area (Å²) < 4.78 is 13.7. The van der Waals surface area contributed by atoms with E-state index in [2.05, 4.69) is 5.43 Å². The zero-order valence-electron chi connectivity index (χ0n) is 11.5. The van der Waals surface area contributed by atoms with E-state index >= 15 is 0 Å². The molecule has 0 saturated heterocycles. The van der Waals surface area contributed by atoms with Crippen LogP contribution in [0.3, 0.4) is 0 Å². The Bertz CT molecular complexity index is 573. The molecule has 0 heterocycles. The van der Waals surface area contributed by atoms with Gasteiger partial charge in [-0.2, -0.15) is 0 Å². The predicted octanol–water partition coefficient (Wildman–Crippen LogP) is 3.30. The molecule has 0 fully saturated rings. The van der Waals surface area contributed by atoms with Crippen molar-refractivity contribution in [2.24, 2.45) is 5.84 Å². The highest BCUT2D eigenvalue weighted by atomic mass is 19.1. The lowest BCUT2D eigenvalue weighted by Crippen LogP contribution is -2.30. The Morgan fingerprint density at radius 3 is 2.16 bits per heavy atom. The largest absolute Gasteiger partial charge is 0.271 e. The first-order valence-electron chi connectivity index (χ1n) is 6.33. The number of nitrogens with two attached hydrogens (primary N) is 1. The Morgan fingerprint density at radius 2 is 1.63 bits per heavy atom. The number of hydrazine groups is 1. The molecule has 2 aromatic carbocycles. The van der Waals surface area contributed by atoms with Crippen LogP contribution in [0, 0.1) is 26.6 Å². The summed E-state index contributed by atoms with van der Waals surface area (Å²) in [6.07, 6.45) is 0. The van der Waals surface area contributed by atoms with E-state index in [1.807, 2.05) is 38.1 Å². The summed E-state index contributed by atoms with van der Waals surface area (Å²) in [4.78, 5) is 0. The second-order valence-electron chi connectivity index (χ2n) is 4.91. The molecule has 0 aliphatic heterocycles. The Hall–Kier alpha value is -1.71. The first-order chi connectivity index (χ1) is 9.04. The maximum atomic E-state index is 13.7. The number of nitrogens with one attached hydrogen (secondary N) is 1. The third kappa shape index (κ3) is 2.67. The van der Waals surface area contributed by atoms with Crippen LogP contribution < -0.4 is 11.3 Å². The van der Waals surface area contributed by atoms with Crippen LogP contribution in [0.5, 0.6) is 0 Å². The van der Waals surface area contributed by atoms with Crippen LogP contribution >= 0.6 is 0 Å². The van der Waals surface area contributed by atoms with Crippen molar-refractivity contribution in [2.45, 2.75) is 26.8 Å². The van der Waals surface area contributed by atoms with Gasteiger partial charge in [-0.1, -0.05) is 30.3 Å². The first kappa shape index (κ1) is 13.7. The lowest BCUT2D eigenvalue weighted by molar-refractivity contribution is 0.596. The molecule has 2 rings (SSSR count). The van der Waals surface area contributed by atoms with Crippen molar-refractivity contribution in [3.05, 3.63) is 70.0 Å². The molecular weight excluding hydrogens is 239 g/mol. The summed E-state index contributed by atoms with van der Waals surface area (Å²) in [5.74, 6) is 5.49. The molecular formula is C16H19FN2. The number of benzene rings is 2. The number of hydrogen-bond acceptors (Lipinski definition) is 2. The molecule has 0 spiro atoms. The summed E-state index contributed by atoms with van der Waals surface area (Å²) in [5.41, 5.74) is 7.66. The normalized spacial score (nSPS) is 12.5. The maximum Gasteiger partial charge on any atom is 0.126 e. The summed E-state index contributed by atoms with van der Waals surface area (Å²) in [6, 6.07) is 11.1. The van der Waals surface area contributed by atoms with Gasteiger partial charge in [-0.3, -0.25) is 5.84 Å². The summed E-state index contributed by atoms with van der Waals surface area (Å²) in [7, 11) is 0. The van der Waals surface area contributed by atoms with E-state index in [0.29, 0.717) is 5.56 Å². The van der Waals surface area contributed by atoms with Gasteiger partial charge in [0.25, 0.3) is 0 Å². The van der Waals surface area contributed by atoms with E-state index in [0.717, 1.165) is 22.3 Å². The third-order valence-electron chi connectivity index (χ3n) is 3.53. The van der Waals surface area contributed by atoms with Gasteiger partial charge in [0.1, 0.15) is 5.82 Å². The molecule has 100 valence electrons. The van der Waals surface area contributed by atoms with Gasteiger partial charge >= 0.3 is 0 Å². The van der Waals surface area contributed by atoms with E-state index in [1.54, 1.807) is 19.1 Å². The monoisotopic (exact) mass is 258 g/mol. The van der Waals surface area contributed by atoms with Crippen molar-refractivity contribution in [3.8, 4) is 0 Å². The predicted molar refractivity (Wildman–Crippen MR) is 76.2 cm³/mol. The summed E-state index contributed by atoms with van der Waals surface area (Å²) in [6.45, 7) is 5.83. The van der Waals surface area contributed by atoms with Gasteiger partial charge in [0.2, 0.25) is 0 Å².